The number of piperazine rings is 1. The Bertz CT molecular complexity index is 1270. The van der Waals surface area contributed by atoms with Crippen molar-refractivity contribution in [2.75, 3.05) is 44.7 Å². The Labute approximate surface area is 227 Å². The molecule has 0 aliphatic carbocycles. The molecule has 2 aliphatic rings. The lowest BCUT2D eigenvalue weighted by Gasteiger charge is -2.34. The number of carbonyl (C=O) groups is 1. The maximum Gasteiger partial charge on any atom is 0.167 e. The summed E-state index contributed by atoms with van der Waals surface area (Å²) in [6, 6.07) is 13.1. The van der Waals surface area contributed by atoms with Crippen molar-refractivity contribution in [1.82, 2.24) is 19.8 Å². The summed E-state index contributed by atoms with van der Waals surface area (Å²) in [5, 5.41) is 0. The number of aromatic nitrogens is 2. The van der Waals surface area contributed by atoms with Gasteiger partial charge in [-0.15, -0.1) is 0 Å². The minimum Gasteiger partial charge on any atom is -0.364 e. The van der Waals surface area contributed by atoms with Crippen molar-refractivity contribution in [1.29, 1.82) is 0 Å². The van der Waals surface area contributed by atoms with E-state index in [0.29, 0.717) is 12.3 Å². The average Bonchev–Trinajstić information content (AvgIpc) is 2.89. The molecule has 0 radical (unpaired) electrons. The molecule has 0 bridgehead atoms. The van der Waals surface area contributed by atoms with E-state index in [1.54, 1.807) is 6.33 Å². The van der Waals surface area contributed by atoms with E-state index >= 15 is 0 Å². The molecule has 38 heavy (non-hydrogen) atoms. The lowest BCUT2D eigenvalue weighted by atomic mass is 9.84. The Morgan fingerprint density at radius 3 is 2.39 bits per heavy atom. The Morgan fingerprint density at radius 2 is 1.68 bits per heavy atom. The van der Waals surface area contributed by atoms with E-state index in [2.05, 4.69) is 89.7 Å². The standard InChI is InChI=1S/C32H41N5O/c1-23-19-37(29-17-33-22-34-18-29)21-27-16-26(6-7-30(23)27)31(38)15-24-12-25(14-28(13-24)32(2,3)4)20-36-10-8-35(5)9-11-36/h6-7,12-14,16-18,22-23H,8-11,15,19-21H2,1-5H3. The second-order valence-electron chi connectivity index (χ2n) is 12.3. The largest absolute Gasteiger partial charge is 0.364 e. The fraction of sp³-hybridized carbons (Fsp3) is 0.469. The lowest BCUT2D eigenvalue weighted by Crippen LogP contribution is -2.43. The molecule has 1 saturated heterocycles. The highest BCUT2D eigenvalue weighted by Gasteiger charge is 2.24. The van der Waals surface area contributed by atoms with Crippen molar-refractivity contribution in [2.24, 2.45) is 0 Å². The van der Waals surface area contributed by atoms with Gasteiger partial charge in [-0.25, -0.2) is 9.97 Å². The van der Waals surface area contributed by atoms with Gasteiger partial charge in [-0.2, -0.15) is 0 Å². The van der Waals surface area contributed by atoms with Crippen LogP contribution in [0.15, 0.2) is 55.1 Å². The SMILES string of the molecule is CC1CN(c2cncnc2)Cc2cc(C(=O)Cc3cc(CN4CCN(C)CC4)cc(C(C)(C)C)c3)ccc21. The molecule has 0 saturated carbocycles. The lowest BCUT2D eigenvalue weighted by molar-refractivity contribution is 0.0992. The summed E-state index contributed by atoms with van der Waals surface area (Å²) < 4.78 is 0. The fourth-order valence-corrected chi connectivity index (χ4v) is 5.69. The number of hydrogen-bond acceptors (Lipinski definition) is 6. The van der Waals surface area contributed by atoms with E-state index < -0.39 is 0 Å². The number of rotatable bonds is 6. The molecule has 6 heteroatoms. The van der Waals surface area contributed by atoms with E-state index in [9.17, 15) is 4.79 Å². The molecule has 0 spiro atoms. The van der Waals surface area contributed by atoms with Gasteiger partial charge in [0, 0.05) is 57.8 Å². The molecule has 6 nitrogen and oxygen atoms in total. The van der Waals surface area contributed by atoms with Crippen LogP contribution in [-0.4, -0.2) is 65.3 Å². The van der Waals surface area contributed by atoms with Gasteiger partial charge in [0.1, 0.15) is 6.33 Å². The molecule has 2 aliphatic heterocycles. The Kier molecular flexibility index (Phi) is 7.64. The van der Waals surface area contributed by atoms with Gasteiger partial charge >= 0.3 is 0 Å². The van der Waals surface area contributed by atoms with Crippen LogP contribution < -0.4 is 4.90 Å². The first-order valence-corrected chi connectivity index (χ1v) is 13.9. The highest BCUT2D eigenvalue weighted by Crippen LogP contribution is 2.32. The van der Waals surface area contributed by atoms with Gasteiger partial charge < -0.3 is 9.80 Å². The maximum absolute atomic E-state index is 13.6. The van der Waals surface area contributed by atoms with Crippen LogP contribution in [0.4, 0.5) is 5.69 Å². The van der Waals surface area contributed by atoms with Crippen LogP contribution in [-0.2, 0) is 24.9 Å². The maximum atomic E-state index is 13.6. The third-order valence-corrected chi connectivity index (χ3v) is 8.05. The molecule has 3 heterocycles. The Hall–Kier alpha value is -3.09. The molecule has 0 amide bonds. The zero-order valence-electron chi connectivity index (χ0n) is 23.6. The summed E-state index contributed by atoms with van der Waals surface area (Å²) in [5.74, 6) is 0.556. The van der Waals surface area contributed by atoms with Crippen molar-refractivity contribution >= 4 is 11.5 Å². The number of nitrogens with zero attached hydrogens (tertiary/aromatic N) is 5. The molecule has 1 aromatic heterocycles. The van der Waals surface area contributed by atoms with Crippen molar-refractivity contribution in [3.05, 3.63) is 88.5 Å². The summed E-state index contributed by atoms with van der Waals surface area (Å²) in [7, 11) is 2.19. The molecule has 1 fully saturated rings. The molecule has 0 N–H and O–H groups in total. The third-order valence-electron chi connectivity index (χ3n) is 8.05. The van der Waals surface area contributed by atoms with Crippen LogP contribution in [0.1, 0.15) is 71.8 Å². The summed E-state index contributed by atoms with van der Waals surface area (Å²) >= 11 is 0. The average molecular weight is 512 g/mol. The van der Waals surface area contributed by atoms with Crippen LogP contribution >= 0.6 is 0 Å². The highest BCUT2D eigenvalue weighted by molar-refractivity contribution is 5.97. The van der Waals surface area contributed by atoms with Crippen molar-refractivity contribution < 1.29 is 4.79 Å². The van der Waals surface area contributed by atoms with E-state index in [-0.39, 0.29) is 11.2 Å². The van der Waals surface area contributed by atoms with Gasteiger partial charge in [0.15, 0.2) is 5.78 Å². The van der Waals surface area contributed by atoms with E-state index in [0.717, 1.165) is 62.6 Å². The quantitative estimate of drug-likeness (QED) is 0.431. The molecule has 1 atom stereocenters. The molecule has 2 aromatic carbocycles. The summed E-state index contributed by atoms with van der Waals surface area (Å²) in [4.78, 5) is 29.2. The number of anilines is 1. The topological polar surface area (TPSA) is 52.6 Å². The summed E-state index contributed by atoms with van der Waals surface area (Å²) in [6.07, 6.45) is 5.71. The smallest absolute Gasteiger partial charge is 0.167 e. The van der Waals surface area contributed by atoms with Crippen LogP contribution in [0.2, 0.25) is 0 Å². The van der Waals surface area contributed by atoms with Gasteiger partial charge in [-0.1, -0.05) is 58.0 Å². The predicted octanol–water partition coefficient (Wildman–Crippen LogP) is 5.07. The van der Waals surface area contributed by atoms with Gasteiger partial charge in [0.2, 0.25) is 0 Å². The van der Waals surface area contributed by atoms with E-state index in [1.165, 1.54) is 22.3 Å². The highest BCUT2D eigenvalue weighted by atomic mass is 16.1. The number of ketones is 1. The Morgan fingerprint density at radius 1 is 0.974 bits per heavy atom. The van der Waals surface area contributed by atoms with Gasteiger partial charge in [-0.3, -0.25) is 9.69 Å². The first-order valence-electron chi connectivity index (χ1n) is 13.9. The van der Waals surface area contributed by atoms with Gasteiger partial charge in [0.25, 0.3) is 0 Å². The molecular weight excluding hydrogens is 470 g/mol. The minimum atomic E-state index is 0.0303. The van der Waals surface area contributed by atoms with Crippen LogP contribution in [0.5, 0.6) is 0 Å². The second kappa shape index (κ2) is 11.0. The Balaban J connectivity index is 1.36. The number of benzene rings is 2. The predicted molar refractivity (Wildman–Crippen MR) is 154 cm³/mol. The zero-order chi connectivity index (χ0) is 26.9. The second-order valence-corrected chi connectivity index (χ2v) is 12.3. The number of hydrogen-bond donors (Lipinski definition) is 0. The number of Topliss-reactive ketones (excluding diaryl/α,β-unsaturated/α-hetero) is 1. The van der Waals surface area contributed by atoms with Crippen LogP contribution in [0.25, 0.3) is 0 Å². The molecule has 200 valence electrons. The van der Waals surface area contributed by atoms with Gasteiger partial charge in [0.05, 0.1) is 18.1 Å². The first-order chi connectivity index (χ1) is 18.2. The molecule has 3 aromatic rings. The summed E-state index contributed by atoms with van der Waals surface area (Å²) in [5.41, 5.74) is 8.12. The molecular formula is C32H41N5O. The number of likely N-dealkylation sites (N-methyl/N-ethyl adjacent to an activating group) is 1. The van der Waals surface area contributed by atoms with Crippen molar-refractivity contribution in [3.63, 3.8) is 0 Å². The molecule has 5 rings (SSSR count). The van der Waals surface area contributed by atoms with Crippen molar-refractivity contribution in [2.45, 2.75) is 58.5 Å². The van der Waals surface area contributed by atoms with Crippen LogP contribution in [0.3, 0.4) is 0 Å². The monoisotopic (exact) mass is 511 g/mol. The van der Waals surface area contributed by atoms with Crippen molar-refractivity contribution in [3.8, 4) is 0 Å². The third kappa shape index (κ3) is 6.13. The fourth-order valence-electron chi connectivity index (χ4n) is 5.69. The van der Waals surface area contributed by atoms with E-state index in [4.69, 9.17) is 0 Å². The normalized spacial score (nSPS) is 18.9. The first kappa shape index (κ1) is 26.5. The number of fused-ring (bicyclic) bond motifs is 1. The number of carbonyl (C=O) groups excluding carboxylic acids is 1. The molecule has 1 unspecified atom stereocenters. The minimum absolute atomic E-state index is 0.0303. The van der Waals surface area contributed by atoms with Crippen LogP contribution in [0, 0.1) is 0 Å². The van der Waals surface area contributed by atoms with E-state index in [1.807, 2.05) is 18.5 Å². The zero-order valence-corrected chi connectivity index (χ0v) is 23.6. The van der Waals surface area contributed by atoms with Gasteiger partial charge in [-0.05, 0) is 52.3 Å². The summed E-state index contributed by atoms with van der Waals surface area (Å²) in [6.45, 7) is 16.0.